The first kappa shape index (κ1) is 16.2. The molecule has 0 fully saturated rings. The minimum atomic E-state index is -0.243. The largest absolute Gasteiger partial charge is 0.497 e. The summed E-state index contributed by atoms with van der Waals surface area (Å²) in [5, 5.41) is 0. The van der Waals surface area contributed by atoms with Crippen molar-refractivity contribution in [3.63, 3.8) is 0 Å². The Morgan fingerprint density at radius 3 is 2.48 bits per heavy atom. The number of aromatic nitrogens is 2. The van der Waals surface area contributed by atoms with Crippen LogP contribution in [-0.4, -0.2) is 17.1 Å². The van der Waals surface area contributed by atoms with Crippen LogP contribution in [0.25, 0.3) is 11.4 Å². The number of halogens is 2. The van der Waals surface area contributed by atoms with Crippen LogP contribution in [0.1, 0.15) is 26.5 Å². The summed E-state index contributed by atoms with van der Waals surface area (Å²) in [7, 11) is 1.60. The van der Waals surface area contributed by atoms with E-state index in [0.717, 1.165) is 15.7 Å². The standard InChI is InChI=1S/C15H16Br2N2O2/c1-15(2,3)12-11(17)14(20)19-13(18-12)9-7-8(21-4)5-6-10(9)16/h5-7H,1-4H3,(H,18,19,20). The molecule has 2 aromatic rings. The molecule has 112 valence electrons. The summed E-state index contributed by atoms with van der Waals surface area (Å²) in [5.74, 6) is 1.22. The van der Waals surface area contributed by atoms with Crippen molar-refractivity contribution in [1.29, 1.82) is 0 Å². The molecule has 0 radical (unpaired) electrons. The van der Waals surface area contributed by atoms with Crippen molar-refractivity contribution < 1.29 is 4.74 Å². The average molecular weight is 416 g/mol. The molecule has 1 N–H and O–H groups in total. The van der Waals surface area contributed by atoms with Crippen LogP contribution in [0.5, 0.6) is 5.75 Å². The number of hydrogen-bond donors (Lipinski definition) is 1. The third-order valence-corrected chi connectivity index (χ3v) is 4.43. The maximum Gasteiger partial charge on any atom is 0.265 e. The lowest BCUT2D eigenvalue weighted by molar-refractivity contribution is 0.415. The van der Waals surface area contributed by atoms with Crippen LogP contribution in [-0.2, 0) is 5.41 Å². The van der Waals surface area contributed by atoms with Gasteiger partial charge in [-0.1, -0.05) is 36.7 Å². The maximum absolute atomic E-state index is 12.2. The van der Waals surface area contributed by atoms with Crippen LogP contribution in [0.2, 0.25) is 0 Å². The van der Waals surface area contributed by atoms with E-state index in [1.54, 1.807) is 7.11 Å². The van der Waals surface area contributed by atoms with E-state index in [-0.39, 0.29) is 11.0 Å². The molecule has 4 nitrogen and oxygen atoms in total. The van der Waals surface area contributed by atoms with E-state index >= 15 is 0 Å². The van der Waals surface area contributed by atoms with Crippen LogP contribution in [0.4, 0.5) is 0 Å². The fourth-order valence-electron chi connectivity index (χ4n) is 1.90. The second kappa shape index (κ2) is 5.93. The number of benzene rings is 1. The van der Waals surface area contributed by atoms with Gasteiger partial charge in [0.1, 0.15) is 16.0 Å². The first-order valence-electron chi connectivity index (χ1n) is 6.38. The molecule has 1 heterocycles. The highest BCUT2D eigenvalue weighted by atomic mass is 79.9. The normalized spacial score (nSPS) is 11.5. The Bertz CT molecular complexity index is 733. The van der Waals surface area contributed by atoms with E-state index in [1.807, 2.05) is 39.0 Å². The van der Waals surface area contributed by atoms with Gasteiger partial charge in [0.25, 0.3) is 5.56 Å². The molecule has 2 rings (SSSR count). The topological polar surface area (TPSA) is 55.0 Å². The van der Waals surface area contributed by atoms with Crippen molar-refractivity contribution in [3.8, 4) is 17.1 Å². The summed E-state index contributed by atoms with van der Waals surface area (Å²) in [6.45, 7) is 6.05. The lowest BCUT2D eigenvalue weighted by Gasteiger charge is -2.20. The third kappa shape index (κ3) is 3.37. The monoisotopic (exact) mass is 414 g/mol. The smallest absolute Gasteiger partial charge is 0.265 e. The Hall–Kier alpha value is -1.14. The van der Waals surface area contributed by atoms with Crippen molar-refractivity contribution in [3.05, 3.63) is 43.2 Å². The zero-order chi connectivity index (χ0) is 15.8. The molecule has 0 saturated heterocycles. The number of hydrogen-bond acceptors (Lipinski definition) is 3. The van der Waals surface area contributed by atoms with Gasteiger partial charge in [-0.05, 0) is 34.1 Å². The number of rotatable bonds is 2. The zero-order valence-electron chi connectivity index (χ0n) is 12.3. The third-order valence-electron chi connectivity index (χ3n) is 3.00. The Kier molecular flexibility index (Phi) is 4.58. The first-order chi connectivity index (χ1) is 9.74. The van der Waals surface area contributed by atoms with Crippen LogP contribution >= 0.6 is 31.9 Å². The van der Waals surface area contributed by atoms with Gasteiger partial charge in [0.05, 0.1) is 12.8 Å². The lowest BCUT2D eigenvalue weighted by atomic mass is 9.92. The van der Waals surface area contributed by atoms with E-state index in [2.05, 4.69) is 41.8 Å². The summed E-state index contributed by atoms with van der Waals surface area (Å²) in [5.41, 5.74) is 1.06. The lowest BCUT2D eigenvalue weighted by Crippen LogP contribution is -2.22. The molecule has 0 aliphatic rings. The van der Waals surface area contributed by atoms with Gasteiger partial charge in [-0.3, -0.25) is 4.79 Å². The van der Waals surface area contributed by atoms with Crippen molar-refractivity contribution >= 4 is 31.9 Å². The minimum Gasteiger partial charge on any atom is -0.497 e. The maximum atomic E-state index is 12.2. The van der Waals surface area contributed by atoms with Crippen molar-refractivity contribution in [2.24, 2.45) is 0 Å². The summed E-state index contributed by atoms with van der Waals surface area (Å²) in [4.78, 5) is 19.6. The van der Waals surface area contributed by atoms with E-state index in [1.165, 1.54) is 0 Å². The average Bonchev–Trinajstić information content (AvgIpc) is 2.41. The zero-order valence-corrected chi connectivity index (χ0v) is 15.4. The predicted molar refractivity (Wildman–Crippen MR) is 90.9 cm³/mol. The first-order valence-corrected chi connectivity index (χ1v) is 7.97. The molecule has 21 heavy (non-hydrogen) atoms. The van der Waals surface area contributed by atoms with E-state index < -0.39 is 0 Å². The van der Waals surface area contributed by atoms with Gasteiger partial charge < -0.3 is 9.72 Å². The summed E-state index contributed by atoms with van der Waals surface area (Å²) < 4.78 is 6.54. The summed E-state index contributed by atoms with van der Waals surface area (Å²) in [6, 6.07) is 5.55. The molecule has 0 aliphatic carbocycles. The van der Waals surface area contributed by atoms with E-state index in [4.69, 9.17) is 4.74 Å². The van der Waals surface area contributed by atoms with Gasteiger partial charge in [0.2, 0.25) is 0 Å². The van der Waals surface area contributed by atoms with Crippen LogP contribution in [0.3, 0.4) is 0 Å². The molecule has 0 bridgehead atoms. The highest BCUT2D eigenvalue weighted by molar-refractivity contribution is 9.10. The molecule has 1 aromatic carbocycles. The van der Waals surface area contributed by atoms with Crippen LogP contribution < -0.4 is 10.3 Å². The minimum absolute atomic E-state index is 0.195. The number of ether oxygens (including phenoxy) is 1. The molecule has 0 amide bonds. The molecule has 1 aromatic heterocycles. The van der Waals surface area contributed by atoms with Crippen LogP contribution in [0.15, 0.2) is 31.9 Å². The number of methoxy groups -OCH3 is 1. The molecule has 0 aliphatic heterocycles. The highest BCUT2D eigenvalue weighted by Crippen LogP contribution is 2.32. The number of nitrogens with one attached hydrogen (secondary N) is 1. The Balaban J connectivity index is 2.71. The van der Waals surface area contributed by atoms with E-state index in [9.17, 15) is 4.79 Å². The Morgan fingerprint density at radius 2 is 1.90 bits per heavy atom. The van der Waals surface area contributed by atoms with Gasteiger partial charge in [0.15, 0.2) is 0 Å². The Labute approximate surface area is 140 Å². The second-order valence-corrected chi connectivity index (χ2v) is 7.32. The van der Waals surface area contributed by atoms with Gasteiger partial charge in [-0.2, -0.15) is 0 Å². The fourth-order valence-corrected chi connectivity index (χ4v) is 3.11. The highest BCUT2D eigenvalue weighted by Gasteiger charge is 2.23. The molecule has 0 saturated carbocycles. The number of H-pyrrole nitrogens is 1. The molecule has 0 atom stereocenters. The van der Waals surface area contributed by atoms with Gasteiger partial charge in [-0.15, -0.1) is 0 Å². The van der Waals surface area contributed by atoms with E-state index in [0.29, 0.717) is 16.0 Å². The predicted octanol–water partition coefficient (Wildman–Crippen LogP) is 4.27. The second-order valence-electron chi connectivity index (χ2n) is 5.67. The summed E-state index contributed by atoms with van der Waals surface area (Å²) >= 11 is 6.81. The Morgan fingerprint density at radius 1 is 1.24 bits per heavy atom. The van der Waals surface area contributed by atoms with Crippen molar-refractivity contribution in [2.75, 3.05) is 7.11 Å². The summed E-state index contributed by atoms with van der Waals surface area (Å²) in [6.07, 6.45) is 0. The molecule has 6 heteroatoms. The molecule has 0 unspecified atom stereocenters. The quantitative estimate of drug-likeness (QED) is 0.796. The molecular formula is C15H16Br2N2O2. The SMILES string of the molecule is COc1ccc(Br)c(-c2nc(C(C)(C)C)c(Br)c(=O)[nH]2)c1. The van der Waals surface area contributed by atoms with Crippen molar-refractivity contribution in [1.82, 2.24) is 9.97 Å². The van der Waals surface area contributed by atoms with Crippen molar-refractivity contribution in [2.45, 2.75) is 26.2 Å². The van der Waals surface area contributed by atoms with Gasteiger partial charge in [0, 0.05) is 15.5 Å². The van der Waals surface area contributed by atoms with Gasteiger partial charge >= 0.3 is 0 Å². The van der Waals surface area contributed by atoms with Crippen LogP contribution in [0, 0.1) is 0 Å². The number of nitrogens with zero attached hydrogens (tertiary/aromatic N) is 1. The molecular weight excluding hydrogens is 400 g/mol. The fraction of sp³-hybridized carbons (Fsp3) is 0.333. The van der Waals surface area contributed by atoms with Gasteiger partial charge in [-0.25, -0.2) is 4.98 Å². The molecule has 0 spiro atoms. The number of aromatic amines is 1.